The van der Waals surface area contributed by atoms with Crippen LogP contribution in [-0.2, 0) is 0 Å². The largest absolute Gasteiger partial charge is 0.335 e. The predicted octanol–water partition coefficient (Wildman–Crippen LogP) is 2.49. The SMILES string of the molecule is O=C(c1ccc(-c2ccccc2)cc1)N1CC(N2CCN(C(=O)c3csnn3)CC2)C1. The van der Waals surface area contributed by atoms with Gasteiger partial charge in [-0.1, -0.05) is 47.0 Å². The maximum atomic E-state index is 12.8. The summed E-state index contributed by atoms with van der Waals surface area (Å²) < 4.78 is 3.77. The van der Waals surface area contributed by atoms with Crippen molar-refractivity contribution >= 4 is 23.3 Å². The quantitative estimate of drug-likeness (QED) is 0.632. The van der Waals surface area contributed by atoms with Crippen molar-refractivity contribution in [3.63, 3.8) is 0 Å². The second kappa shape index (κ2) is 8.56. The Kier molecular flexibility index (Phi) is 5.48. The maximum Gasteiger partial charge on any atom is 0.275 e. The lowest BCUT2D eigenvalue weighted by Gasteiger charge is -2.48. The molecule has 158 valence electrons. The van der Waals surface area contributed by atoms with Crippen molar-refractivity contribution < 1.29 is 9.59 Å². The molecule has 0 radical (unpaired) electrons. The molecule has 5 rings (SSSR count). The molecule has 7 nitrogen and oxygen atoms in total. The van der Waals surface area contributed by atoms with E-state index in [-0.39, 0.29) is 11.8 Å². The Labute approximate surface area is 185 Å². The first-order valence-corrected chi connectivity index (χ1v) is 11.3. The van der Waals surface area contributed by atoms with Gasteiger partial charge in [0.05, 0.1) is 0 Å². The van der Waals surface area contributed by atoms with Crippen LogP contribution in [0.1, 0.15) is 20.8 Å². The molecular weight excluding hydrogens is 410 g/mol. The Morgan fingerprint density at radius 3 is 2.13 bits per heavy atom. The molecule has 8 heteroatoms. The second-order valence-electron chi connectivity index (χ2n) is 7.93. The van der Waals surface area contributed by atoms with E-state index in [4.69, 9.17) is 0 Å². The van der Waals surface area contributed by atoms with E-state index in [9.17, 15) is 9.59 Å². The lowest BCUT2D eigenvalue weighted by atomic mass is 10.0. The van der Waals surface area contributed by atoms with Gasteiger partial charge in [-0.3, -0.25) is 14.5 Å². The van der Waals surface area contributed by atoms with E-state index < -0.39 is 0 Å². The Morgan fingerprint density at radius 1 is 0.806 bits per heavy atom. The van der Waals surface area contributed by atoms with E-state index in [2.05, 4.69) is 26.6 Å². The summed E-state index contributed by atoms with van der Waals surface area (Å²) in [5.41, 5.74) is 3.41. The van der Waals surface area contributed by atoms with Crippen molar-refractivity contribution in [2.75, 3.05) is 39.3 Å². The van der Waals surface area contributed by atoms with Crippen LogP contribution < -0.4 is 0 Å². The number of hydrogen-bond acceptors (Lipinski definition) is 6. The molecule has 2 aliphatic heterocycles. The molecular formula is C23H23N5O2S. The van der Waals surface area contributed by atoms with Gasteiger partial charge in [-0.15, -0.1) is 5.10 Å². The molecule has 0 saturated carbocycles. The highest BCUT2D eigenvalue weighted by atomic mass is 32.1. The molecule has 0 unspecified atom stereocenters. The van der Waals surface area contributed by atoms with Crippen LogP contribution in [0, 0.1) is 0 Å². The highest BCUT2D eigenvalue weighted by molar-refractivity contribution is 7.03. The Morgan fingerprint density at radius 2 is 1.48 bits per heavy atom. The zero-order valence-electron chi connectivity index (χ0n) is 17.1. The number of rotatable bonds is 4. The fourth-order valence-electron chi connectivity index (χ4n) is 4.18. The zero-order chi connectivity index (χ0) is 21.2. The van der Waals surface area contributed by atoms with Gasteiger partial charge < -0.3 is 9.80 Å². The number of amides is 2. The maximum absolute atomic E-state index is 12.8. The molecule has 31 heavy (non-hydrogen) atoms. The van der Waals surface area contributed by atoms with Crippen LogP contribution in [0.3, 0.4) is 0 Å². The average molecular weight is 434 g/mol. The molecule has 3 aromatic rings. The van der Waals surface area contributed by atoms with Crippen LogP contribution in [0.2, 0.25) is 0 Å². The van der Waals surface area contributed by atoms with Gasteiger partial charge in [0, 0.05) is 56.3 Å². The van der Waals surface area contributed by atoms with Crippen molar-refractivity contribution in [3.05, 3.63) is 71.2 Å². The van der Waals surface area contributed by atoms with Gasteiger partial charge in [0.2, 0.25) is 0 Å². The van der Waals surface area contributed by atoms with E-state index in [1.807, 2.05) is 52.3 Å². The number of carbonyl (C=O) groups excluding carboxylic acids is 2. The molecule has 1 aromatic heterocycles. The van der Waals surface area contributed by atoms with Crippen LogP contribution in [0.25, 0.3) is 11.1 Å². The number of nitrogens with zero attached hydrogens (tertiary/aromatic N) is 5. The smallest absolute Gasteiger partial charge is 0.275 e. The number of hydrogen-bond donors (Lipinski definition) is 0. The molecule has 0 spiro atoms. The topological polar surface area (TPSA) is 69.6 Å². The number of likely N-dealkylation sites (tertiary alicyclic amines) is 1. The number of aromatic nitrogens is 2. The standard InChI is InChI=1S/C23H23N5O2S/c29-22(19-8-6-18(7-9-19)17-4-2-1-3-5-17)28-14-20(15-28)26-10-12-27(13-11-26)23(30)21-16-31-25-24-21/h1-9,16,20H,10-15H2. The third-order valence-corrected chi connectivity index (χ3v) is 6.59. The molecule has 2 aromatic carbocycles. The first-order valence-electron chi connectivity index (χ1n) is 10.4. The number of piperazine rings is 1. The van der Waals surface area contributed by atoms with Gasteiger partial charge in [-0.05, 0) is 34.8 Å². The van der Waals surface area contributed by atoms with Crippen LogP contribution in [0.5, 0.6) is 0 Å². The monoisotopic (exact) mass is 433 g/mol. The highest BCUT2D eigenvalue weighted by Gasteiger charge is 2.37. The molecule has 2 fully saturated rings. The summed E-state index contributed by atoms with van der Waals surface area (Å²) in [7, 11) is 0. The normalized spacial score (nSPS) is 17.4. The van der Waals surface area contributed by atoms with E-state index in [0.29, 0.717) is 24.8 Å². The first-order chi connectivity index (χ1) is 15.2. The Balaban J connectivity index is 1.12. The van der Waals surface area contributed by atoms with Crippen LogP contribution in [-0.4, -0.2) is 81.4 Å². The minimum Gasteiger partial charge on any atom is -0.335 e. The summed E-state index contributed by atoms with van der Waals surface area (Å²) in [5, 5.41) is 5.56. The summed E-state index contributed by atoms with van der Waals surface area (Å²) >= 11 is 1.19. The van der Waals surface area contributed by atoms with Crippen molar-refractivity contribution in [3.8, 4) is 11.1 Å². The molecule has 0 N–H and O–H groups in total. The van der Waals surface area contributed by atoms with Gasteiger partial charge in [0.1, 0.15) is 0 Å². The van der Waals surface area contributed by atoms with Crippen molar-refractivity contribution in [2.24, 2.45) is 0 Å². The van der Waals surface area contributed by atoms with Crippen molar-refractivity contribution in [1.82, 2.24) is 24.3 Å². The van der Waals surface area contributed by atoms with Crippen LogP contribution in [0.4, 0.5) is 0 Å². The summed E-state index contributed by atoms with van der Waals surface area (Å²) in [6.07, 6.45) is 0. The summed E-state index contributed by atoms with van der Waals surface area (Å²) in [4.78, 5) is 31.3. The Hall–Kier alpha value is -3.10. The van der Waals surface area contributed by atoms with E-state index >= 15 is 0 Å². The van der Waals surface area contributed by atoms with Gasteiger partial charge in [0.15, 0.2) is 5.69 Å². The van der Waals surface area contributed by atoms with Crippen LogP contribution >= 0.6 is 11.5 Å². The molecule has 2 saturated heterocycles. The Bertz CT molecular complexity index is 1040. The fraction of sp³-hybridized carbons (Fsp3) is 0.304. The lowest BCUT2D eigenvalue weighted by molar-refractivity contribution is 0.00843. The molecule has 2 aliphatic rings. The molecule has 0 aliphatic carbocycles. The van der Waals surface area contributed by atoms with Gasteiger partial charge >= 0.3 is 0 Å². The minimum atomic E-state index is -0.0437. The van der Waals surface area contributed by atoms with E-state index in [1.165, 1.54) is 11.5 Å². The van der Waals surface area contributed by atoms with Crippen molar-refractivity contribution in [1.29, 1.82) is 0 Å². The molecule has 0 atom stereocenters. The first kappa shape index (κ1) is 19.8. The highest BCUT2D eigenvalue weighted by Crippen LogP contribution is 2.23. The van der Waals surface area contributed by atoms with Crippen molar-refractivity contribution in [2.45, 2.75) is 6.04 Å². The second-order valence-corrected chi connectivity index (χ2v) is 8.54. The fourth-order valence-corrected chi connectivity index (χ4v) is 4.61. The van der Waals surface area contributed by atoms with Gasteiger partial charge in [-0.25, -0.2) is 0 Å². The van der Waals surface area contributed by atoms with E-state index in [0.717, 1.165) is 42.9 Å². The number of carbonyl (C=O) groups is 2. The third kappa shape index (κ3) is 4.08. The number of benzene rings is 2. The summed E-state index contributed by atoms with van der Waals surface area (Å²) in [6, 6.07) is 18.4. The molecule has 0 bridgehead atoms. The summed E-state index contributed by atoms with van der Waals surface area (Å²) in [6.45, 7) is 4.49. The molecule has 2 amide bonds. The summed E-state index contributed by atoms with van der Waals surface area (Å²) in [5.74, 6) is 0.0403. The lowest BCUT2D eigenvalue weighted by Crippen LogP contribution is -2.64. The van der Waals surface area contributed by atoms with Gasteiger partial charge in [0.25, 0.3) is 11.8 Å². The third-order valence-electron chi connectivity index (χ3n) is 6.09. The minimum absolute atomic E-state index is 0.0437. The van der Waals surface area contributed by atoms with Gasteiger partial charge in [-0.2, -0.15) is 0 Å². The predicted molar refractivity (Wildman–Crippen MR) is 119 cm³/mol. The van der Waals surface area contributed by atoms with E-state index in [1.54, 1.807) is 5.38 Å². The average Bonchev–Trinajstić information content (AvgIpc) is 3.34. The molecule has 3 heterocycles. The van der Waals surface area contributed by atoms with Crippen LogP contribution in [0.15, 0.2) is 60.0 Å². The zero-order valence-corrected chi connectivity index (χ0v) is 17.9.